The second-order valence-electron chi connectivity index (χ2n) is 4.45. The molecule has 0 fully saturated rings. The van der Waals surface area contributed by atoms with E-state index in [1.54, 1.807) is 6.07 Å². The summed E-state index contributed by atoms with van der Waals surface area (Å²) in [5.74, 6) is -0.198. The summed E-state index contributed by atoms with van der Waals surface area (Å²) >= 11 is 11.6. The van der Waals surface area contributed by atoms with Crippen molar-refractivity contribution in [3.63, 3.8) is 0 Å². The normalized spacial score (nSPS) is 12.4. The maximum atomic E-state index is 14.0. The fraction of sp³-hybridized carbons (Fsp3) is 0.200. The number of hydrogen-bond acceptors (Lipinski definition) is 1. The molecule has 20 heavy (non-hydrogen) atoms. The average Bonchev–Trinajstić information content (AvgIpc) is 2.41. The average molecular weight is 469 g/mol. The van der Waals surface area contributed by atoms with Gasteiger partial charge >= 0.3 is 0 Å². The molecule has 1 nitrogen and oxygen atoms in total. The van der Waals surface area contributed by atoms with Gasteiger partial charge in [-0.1, -0.05) is 33.6 Å². The Hall–Kier alpha value is -0.170. The molecule has 5 heteroatoms. The van der Waals surface area contributed by atoms with Gasteiger partial charge < -0.3 is 5.32 Å². The van der Waals surface area contributed by atoms with Crippen LogP contribution < -0.4 is 5.32 Å². The number of likely N-dealkylation sites (N-methyl/N-ethyl adjacent to an activating group) is 1. The molecule has 2 aromatic carbocycles. The Labute approximate surface area is 145 Å². The maximum Gasteiger partial charge on any atom is 0.127 e. The monoisotopic (exact) mass is 467 g/mol. The van der Waals surface area contributed by atoms with Crippen molar-refractivity contribution < 1.29 is 4.39 Å². The van der Waals surface area contributed by atoms with Crippen molar-refractivity contribution in [1.29, 1.82) is 0 Å². The highest BCUT2D eigenvalue weighted by Gasteiger charge is 2.16. The summed E-state index contributed by atoms with van der Waals surface area (Å²) in [6.07, 6.45) is 0.575. The Kier molecular flexibility index (Phi) is 5.84. The van der Waals surface area contributed by atoms with Crippen LogP contribution in [-0.2, 0) is 6.42 Å². The molecule has 0 aliphatic heterocycles. The lowest BCUT2D eigenvalue weighted by molar-refractivity contribution is 0.552. The van der Waals surface area contributed by atoms with E-state index in [2.05, 4.69) is 43.8 Å². The third-order valence-electron chi connectivity index (χ3n) is 3.12. The molecule has 106 valence electrons. The van der Waals surface area contributed by atoms with Crippen LogP contribution in [0.15, 0.2) is 40.9 Å². The summed E-state index contributed by atoms with van der Waals surface area (Å²) in [5.41, 5.74) is 1.77. The van der Waals surface area contributed by atoms with Gasteiger partial charge in [0.1, 0.15) is 5.82 Å². The highest BCUT2D eigenvalue weighted by molar-refractivity contribution is 14.1. The zero-order valence-corrected chi connectivity index (χ0v) is 15.3. The van der Waals surface area contributed by atoms with Crippen LogP contribution in [0, 0.1) is 9.39 Å². The Balaban J connectivity index is 2.31. The summed E-state index contributed by atoms with van der Waals surface area (Å²) in [6.45, 7) is 0. The summed E-state index contributed by atoms with van der Waals surface area (Å²) in [5, 5.41) is 3.93. The highest BCUT2D eigenvalue weighted by Crippen LogP contribution is 2.27. The molecule has 0 spiro atoms. The lowest BCUT2D eigenvalue weighted by Gasteiger charge is -2.19. The highest BCUT2D eigenvalue weighted by atomic mass is 127. The van der Waals surface area contributed by atoms with Crippen LogP contribution >= 0.6 is 50.1 Å². The minimum absolute atomic E-state index is 0.0243. The molecule has 1 N–H and O–H groups in total. The topological polar surface area (TPSA) is 12.0 Å². The number of benzene rings is 2. The molecular weight excluding hydrogens is 455 g/mol. The fourth-order valence-electron chi connectivity index (χ4n) is 2.06. The molecule has 0 radical (unpaired) electrons. The molecule has 1 atom stereocenters. The summed E-state index contributed by atoms with van der Waals surface area (Å²) < 4.78 is 15.8. The summed E-state index contributed by atoms with van der Waals surface area (Å²) in [4.78, 5) is 0. The van der Waals surface area contributed by atoms with Gasteiger partial charge in [0, 0.05) is 19.1 Å². The van der Waals surface area contributed by atoms with E-state index in [-0.39, 0.29) is 11.9 Å². The van der Waals surface area contributed by atoms with E-state index >= 15 is 0 Å². The number of halogens is 4. The largest absolute Gasteiger partial charge is 0.313 e. The summed E-state index contributed by atoms with van der Waals surface area (Å²) in [6, 6.07) is 10.9. The van der Waals surface area contributed by atoms with Crippen LogP contribution in [0.2, 0.25) is 5.02 Å². The van der Waals surface area contributed by atoms with E-state index in [0.29, 0.717) is 17.0 Å². The van der Waals surface area contributed by atoms with Crippen LogP contribution in [0.3, 0.4) is 0 Å². The van der Waals surface area contributed by atoms with Crippen LogP contribution in [0.5, 0.6) is 0 Å². The zero-order valence-electron chi connectivity index (χ0n) is 10.8. The third-order valence-corrected chi connectivity index (χ3v) is 4.83. The van der Waals surface area contributed by atoms with Gasteiger partial charge in [-0.3, -0.25) is 0 Å². The smallest absolute Gasteiger partial charge is 0.127 e. The molecule has 1 unspecified atom stereocenters. The first-order valence-electron chi connectivity index (χ1n) is 6.07. The predicted octanol–water partition coefficient (Wildman–Crippen LogP) is 5.35. The minimum atomic E-state index is -0.198. The molecule has 0 aromatic heterocycles. The Morgan fingerprint density at radius 2 is 2.05 bits per heavy atom. The molecule has 2 aromatic rings. The number of hydrogen-bond donors (Lipinski definition) is 1. The van der Waals surface area contributed by atoms with Crippen molar-refractivity contribution in [2.45, 2.75) is 12.5 Å². The van der Waals surface area contributed by atoms with Gasteiger partial charge in [0.05, 0.1) is 0 Å². The molecule has 0 aliphatic rings. The van der Waals surface area contributed by atoms with Crippen molar-refractivity contribution in [3.8, 4) is 0 Å². The van der Waals surface area contributed by atoms with Crippen molar-refractivity contribution in [2.24, 2.45) is 0 Å². The van der Waals surface area contributed by atoms with Crippen molar-refractivity contribution >= 4 is 50.1 Å². The van der Waals surface area contributed by atoms with Crippen molar-refractivity contribution in [2.75, 3.05) is 7.05 Å². The van der Waals surface area contributed by atoms with Gasteiger partial charge in [0.2, 0.25) is 0 Å². The standard InChI is InChI=1S/C15H13BrClFIN/c1-20-15(12-8-11(17)4-5-14(12)19)6-9-2-3-10(16)7-13(9)18/h2-5,7-8,15,20H,6H2,1H3. The van der Waals surface area contributed by atoms with E-state index in [1.807, 2.05) is 31.3 Å². The molecule has 0 heterocycles. The van der Waals surface area contributed by atoms with Gasteiger partial charge in [0.15, 0.2) is 0 Å². The first-order valence-corrected chi connectivity index (χ1v) is 8.32. The number of nitrogens with one attached hydrogen (secondary N) is 1. The van der Waals surface area contributed by atoms with E-state index in [1.165, 1.54) is 6.07 Å². The van der Waals surface area contributed by atoms with E-state index in [9.17, 15) is 4.39 Å². The lowest BCUT2D eigenvalue weighted by Crippen LogP contribution is -2.20. The van der Waals surface area contributed by atoms with Gasteiger partial charge in [-0.25, -0.2) is 4.39 Å². The van der Waals surface area contributed by atoms with Crippen LogP contribution in [0.25, 0.3) is 0 Å². The lowest BCUT2D eigenvalue weighted by atomic mass is 9.99. The summed E-state index contributed by atoms with van der Waals surface area (Å²) in [7, 11) is 1.87. The van der Waals surface area contributed by atoms with Gasteiger partial charge in [0.25, 0.3) is 0 Å². The Morgan fingerprint density at radius 1 is 1.30 bits per heavy atom. The molecular formula is C15H13BrClFIN. The first kappa shape index (κ1) is 16.2. The molecule has 0 saturated carbocycles. The molecule has 0 aliphatic carbocycles. The van der Waals surface area contributed by atoms with Crippen LogP contribution in [-0.4, -0.2) is 7.05 Å². The van der Waals surface area contributed by atoms with E-state index in [0.717, 1.165) is 13.6 Å². The zero-order chi connectivity index (χ0) is 14.7. The van der Waals surface area contributed by atoms with Crippen molar-refractivity contribution in [3.05, 3.63) is 66.4 Å². The molecule has 2 rings (SSSR count). The number of rotatable bonds is 4. The first-order chi connectivity index (χ1) is 9.51. The van der Waals surface area contributed by atoms with Crippen molar-refractivity contribution in [1.82, 2.24) is 5.32 Å². The SMILES string of the molecule is CNC(Cc1ccc(Br)cc1F)c1cc(Cl)ccc1I. The van der Waals surface area contributed by atoms with Crippen LogP contribution in [0.1, 0.15) is 17.2 Å². The van der Waals surface area contributed by atoms with Gasteiger partial charge in [-0.15, -0.1) is 0 Å². The molecule has 0 saturated heterocycles. The van der Waals surface area contributed by atoms with Gasteiger partial charge in [-0.05, 0) is 77.5 Å². The minimum Gasteiger partial charge on any atom is -0.313 e. The molecule has 0 bridgehead atoms. The maximum absolute atomic E-state index is 14.0. The van der Waals surface area contributed by atoms with Gasteiger partial charge in [-0.2, -0.15) is 0 Å². The quantitative estimate of drug-likeness (QED) is 0.597. The predicted molar refractivity (Wildman–Crippen MR) is 93.8 cm³/mol. The van der Waals surface area contributed by atoms with E-state index in [4.69, 9.17) is 11.6 Å². The van der Waals surface area contributed by atoms with E-state index < -0.39 is 0 Å². The van der Waals surface area contributed by atoms with Crippen LogP contribution in [0.4, 0.5) is 4.39 Å². The third kappa shape index (κ3) is 3.93. The second kappa shape index (κ2) is 7.20. The fourth-order valence-corrected chi connectivity index (χ4v) is 3.28. The second-order valence-corrected chi connectivity index (χ2v) is 6.96. The Bertz CT molecular complexity index is 621. The molecule has 0 amide bonds. The Morgan fingerprint density at radius 3 is 2.70 bits per heavy atom.